The fourth-order valence-electron chi connectivity index (χ4n) is 2.46. The number of rotatable bonds is 6. The predicted octanol–water partition coefficient (Wildman–Crippen LogP) is 2.45. The van der Waals surface area contributed by atoms with Crippen molar-refractivity contribution in [1.82, 2.24) is 10.2 Å². The van der Waals surface area contributed by atoms with Crippen LogP contribution in [-0.4, -0.2) is 37.0 Å². The van der Waals surface area contributed by atoms with E-state index in [0.29, 0.717) is 19.0 Å². The first kappa shape index (κ1) is 21.2. The van der Waals surface area contributed by atoms with Crippen LogP contribution in [-0.2, 0) is 6.54 Å². The number of nitrogens with two attached hydrogens (primary N) is 1. The van der Waals surface area contributed by atoms with Crippen molar-refractivity contribution in [3.8, 4) is 0 Å². The Hall–Kier alpha value is -0.810. The van der Waals surface area contributed by atoms with Gasteiger partial charge in [0.25, 0.3) is 5.91 Å². The molecule has 0 radical (unpaired) electrons. The molecule has 1 atom stereocenters. The lowest BCUT2D eigenvalue weighted by Gasteiger charge is -2.15. The van der Waals surface area contributed by atoms with E-state index >= 15 is 0 Å². The number of nitrogens with zero attached hydrogens (tertiary/aromatic N) is 1. The van der Waals surface area contributed by atoms with Gasteiger partial charge in [-0.2, -0.15) is 0 Å². The Labute approximate surface area is 145 Å². The van der Waals surface area contributed by atoms with Gasteiger partial charge in [-0.15, -0.1) is 24.8 Å². The average Bonchev–Trinajstić information content (AvgIpc) is 2.97. The minimum absolute atomic E-state index is 0. The molecule has 1 aliphatic rings. The van der Waals surface area contributed by atoms with Gasteiger partial charge in [0.2, 0.25) is 0 Å². The quantitative estimate of drug-likeness (QED) is 0.830. The maximum absolute atomic E-state index is 12.1. The van der Waals surface area contributed by atoms with Crippen LogP contribution in [0.25, 0.3) is 0 Å². The first-order valence-electron chi connectivity index (χ1n) is 7.48. The smallest absolute Gasteiger partial charge is 0.251 e. The van der Waals surface area contributed by atoms with Crippen LogP contribution in [0.15, 0.2) is 24.3 Å². The lowest BCUT2D eigenvalue weighted by Crippen LogP contribution is -2.31. The lowest BCUT2D eigenvalue weighted by molar-refractivity contribution is 0.0948. The van der Waals surface area contributed by atoms with Crippen LogP contribution in [0.4, 0.5) is 0 Å². The van der Waals surface area contributed by atoms with Crippen LogP contribution in [0.5, 0.6) is 0 Å². The highest BCUT2D eigenvalue weighted by Gasteiger charge is 2.13. The molecule has 1 aromatic rings. The summed E-state index contributed by atoms with van der Waals surface area (Å²) < 4.78 is 0. The van der Waals surface area contributed by atoms with E-state index in [9.17, 15) is 4.79 Å². The van der Waals surface area contributed by atoms with Crippen LogP contribution < -0.4 is 11.1 Å². The van der Waals surface area contributed by atoms with Gasteiger partial charge in [0.05, 0.1) is 0 Å². The Morgan fingerprint density at radius 3 is 2.64 bits per heavy atom. The van der Waals surface area contributed by atoms with Gasteiger partial charge in [-0.25, -0.2) is 0 Å². The molecule has 0 aliphatic carbocycles. The minimum atomic E-state index is -0.00595. The topological polar surface area (TPSA) is 58.4 Å². The van der Waals surface area contributed by atoms with E-state index in [2.05, 4.69) is 16.3 Å². The summed E-state index contributed by atoms with van der Waals surface area (Å²) in [6.45, 7) is 6.54. The molecule has 0 saturated carbocycles. The van der Waals surface area contributed by atoms with Crippen molar-refractivity contribution < 1.29 is 4.79 Å². The van der Waals surface area contributed by atoms with E-state index in [1.807, 2.05) is 25.1 Å². The highest BCUT2D eigenvalue weighted by Crippen LogP contribution is 2.13. The van der Waals surface area contributed by atoms with E-state index in [-0.39, 0.29) is 30.7 Å². The zero-order valence-electron chi connectivity index (χ0n) is 13.1. The maximum Gasteiger partial charge on any atom is 0.251 e. The molecule has 0 bridgehead atoms. The summed E-state index contributed by atoms with van der Waals surface area (Å²) in [7, 11) is 0. The van der Waals surface area contributed by atoms with Gasteiger partial charge in [0.15, 0.2) is 0 Å². The molecule has 3 N–H and O–H groups in total. The Morgan fingerprint density at radius 1 is 1.32 bits per heavy atom. The van der Waals surface area contributed by atoms with E-state index in [1.165, 1.54) is 31.5 Å². The molecule has 2 rings (SSSR count). The van der Waals surface area contributed by atoms with Crippen LogP contribution in [0, 0.1) is 5.92 Å². The molecule has 126 valence electrons. The first-order chi connectivity index (χ1) is 9.69. The van der Waals surface area contributed by atoms with Gasteiger partial charge >= 0.3 is 0 Å². The van der Waals surface area contributed by atoms with Crippen LogP contribution >= 0.6 is 24.8 Å². The summed E-state index contributed by atoms with van der Waals surface area (Å²) in [4.78, 5) is 14.5. The second kappa shape index (κ2) is 10.8. The van der Waals surface area contributed by atoms with Crippen molar-refractivity contribution in [3.63, 3.8) is 0 Å². The van der Waals surface area contributed by atoms with Crippen molar-refractivity contribution in [2.75, 3.05) is 26.2 Å². The number of amides is 1. The molecule has 1 aliphatic heterocycles. The Bertz CT molecular complexity index is 451. The molecule has 1 saturated heterocycles. The van der Waals surface area contributed by atoms with Crippen molar-refractivity contribution >= 4 is 30.7 Å². The number of nitrogens with one attached hydrogen (secondary N) is 1. The standard InChI is InChI=1S/C16H25N3O.2ClH/c1-13(10-17)11-18-16(20)15-6-4-5-14(9-15)12-19-7-2-3-8-19;;/h4-6,9,13H,2-3,7-8,10-12,17H2,1H3,(H,18,20);2*1H. The van der Waals surface area contributed by atoms with Gasteiger partial charge in [0.1, 0.15) is 0 Å². The van der Waals surface area contributed by atoms with Crippen molar-refractivity contribution in [2.45, 2.75) is 26.3 Å². The van der Waals surface area contributed by atoms with Crippen molar-refractivity contribution in [3.05, 3.63) is 35.4 Å². The third kappa shape index (κ3) is 6.53. The van der Waals surface area contributed by atoms with Gasteiger partial charge in [-0.3, -0.25) is 9.69 Å². The fourth-order valence-corrected chi connectivity index (χ4v) is 2.46. The van der Waals surface area contributed by atoms with Gasteiger partial charge in [0, 0.05) is 18.7 Å². The molecule has 0 aromatic heterocycles. The highest BCUT2D eigenvalue weighted by atomic mass is 35.5. The van der Waals surface area contributed by atoms with Crippen LogP contribution in [0.1, 0.15) is 35.7 Å². The van der Waals surface area contributed by atoms with Crippen molar-refractivity contribution in [1.29, 1.82) is 0 Å². The minimum Gasteiger partial charge on any atom is -0.352 e. The number of halogens is 2. The number of hydrogen-bond donors (Lipinski definition) is 2. The summed E-state index contributed by atoms with van der Waals surface area (Å²) in [5.74, 6) is 0.306. The average molecular weight is 348 g/mol. The number of likely N-dealkylation sites (tertiary alicyclic amines) is 1. The second-order valence-electron chi connectivity index (χ2n) is 5.73. The number of hydrogen-bond acceptors (Lipinski definition) is 3. The zero-order chi connectivity index (χ0) is 14.4. The van der Waals surface area contributed by atoms with E-state index in [1.54, 1.807) is 0 Å². The summed E-state index contributed by atoms with van der Waals surface area (Å²) in [5, 5.41) is 2.94. The zero-order valence-corrected chi connectivity index (χ0v) is 14.7. The number of carbonyl (C=O) groups is 1. The summed E-state index contributed by atoms with van der Waals surface area (Å²) in [6.07, 6.45) is 2.58. The van der Waals surface area contributed by atoms with Crippen molar-refractivity contribution in [2.24, 2.45) is 11.7 Å². The SMILES string of the molecule is CC(CN)CNC(=O)c1cccc(CN2CCCC2)c1.Cl.Cl. The fraction of sp³-hybridized carbons (Fsp3) is 0.562. The molecule has 4 nitrogen and oxygen atoms in total. The monoisotopic (exact) mass is 347 g/mol. The predicted molar refractivity (Wildman–Crippen MR) is 96.0 cm³/mol. The molecule has 0 spiro atoms. The van der Waals surface area contributed by atoms with Gasteiger partial charge in [-0.05, 0) is 56.1 Å². The van der Waals surface area contributed by atoms with E-state index < -0.39 is 0 Å². The first-order valence-corrected chi connectivity index (χ1v) is 7.48. The second-order valence-corrected chi connectivity index (χ2v) is 5.73. The number of carbonyl (C=O) groups excluding carboxylic acids is 1. The molecule has 1 amide bonds. The highest BCUT2D eigenvalue weighted by molar-refractivity contribution is 5.94. The molecule has 1 unspecified atom stereocenters. The molecular formula is C16H27Cl2N3O. The Kier molecular flexibility index (Phi) is 10.4. The third-order valence-electron chi connectivity index (χ3n) is 3.81. The number of benzene rings is 1. The van der Waals surface area contributed by atoms with E-state index in [0.717, 1.165) is 12.1 Å². The molecule has 1 fully saturated rings. The summed E-state index contributed by atoms with van der Waals surface area (Å²) in [5.41, 5.74) is 7.51. The normalized spacial score (nSPS) is 15.5. The van der Waals surface area contributed by atoms with Gasteiger partial charge < -0.3 is 11.1 Å². The van der Waals surface area contributed by atoms with Crippen LogP contribution in [0.3, 0.4) is 0 Å². The largest absolute Gasteiger partial charge is 0.352 e. The Balaban J connectivity index is 0.00000220. The Morgan fingerprint density at radius 2 is 2.00 bits per heavy atom. The molecule has 22 heavy (non-hydrogen) atoms. The lowest BCUT2D eigenvalue weighted by atomic mass is 10.1. The third-order valence-corrected chi connectivity index (χ3v) is 3.81. The van der Waals surface area contributed by atoms with Gasteiger partial charge in [-0.1, -0.05) is 19.1 Å². The molecule has 1 aromatic carbocycles. The van der Waals surface area contributed by atoms with Crippen LogP contribution in [0.2, 0.25) is 0 Å². The van der Waals surface area contributed by atoms with E-state index in [4.69, 9.17) is 5.73 Å². The molecular weight excluding hydrogens is 321 g/mol. The molecule has 1 heterocycles. The summed E-state index contributed by atoms with van der Waals surface area (Å²) >= 11 is 0. The summed E-state index contributed by atoms with van der Waals surface area (Å²) in [6, 6.07) is 7.93. The molecule has 6 heteroatoms. The maximum atomic E-state index is 12.1.